The summed E-state index contributed by atoms with van der Waals surface area (Å²) in [5, 5.41) is 13.3. The van der Waals surface area contributed by atoms with Crippen molar-refractivity contribution < 1.29 is 9.72 Å². The molecule has 0 spiro atoms. The van der Waals surface area contributed by atoms with Gasteiger partial charge in [-0.05, 0) is 43.4 Å². The first-order valence-corrected chi connectivity index (χ1v) is 7.18. The third-order valence-corrected chi connectivity index (χ3v) is 3.58. The van der Waals surface area contributed by atoms with Crippen molar-refractivity contribution in [2.75, 3.05) is 11.9 Å². The molecule has 0 saturated carbocycles. The van der Waals surface area contributed by atoms with Crippen LogP contribution in [-0.4, -0.2) is 17.4 Å². The van der Waals surface area contributed by atoms with Gasteiger partial charge in [-0.15, -0.1) is 0 Å². The fourth-order valence-corrected chi connectivity index (χ4v) is 2.23. The van der Waals surface area contributed by atoms with Gasteiger partial charge in [-0.25, -0.2) is 0 Å². The van der Waals surface area contributed by atoms with E-state index in [1.54, 1.807) is 0 Å². The molecule has 21 heavy (non-hydrogen) atoms. The summed E-state index contributed by atoms with van der Waals surface area (Å²) in [6.07, 6.45) is 2.15. The van der Waals surface area contributed by atoms with Gasteiger partial charge < -0.3 is 11.1 Å². The number of carbonyl (C=O) groups is 1. The van der Waals surface area contributed by atoms with Crippen LogP contribution in [0.1, 0.15) is 33.1 Å². The van der Waals surface area contributed by atoms with E-state index in [0.717, 1.165) is 12.8 Å². The van der Waals surface area contributed by atoms with E-state index in [1.807, 2.05) is 0 Å². The molecule has 1 atom stereocenters. The van der Waals surface area contributed by atoms with E-state index in [2.05, 4.69) is 19.2 Å². The van der Waals surface area contributed by atoms with Gasteiger partial charge in [-0.1, -0.05) is 13.8 Å². The first-order valence-electron chi connectivity index (χ1n) is 7.18. The summed E-state index contributed by atoms with van der Waals surface area (Å²) in [6.45, 7) is 4.90. The standard InChI is InChI=1S/C15H23N3O3/c1-11(2)12(9-10-16)3-8-15(19)17-13-4-6-14(7-5-13)18(20)21/h4-7,11-12H,3,8-10,16H2,1-2H3,(H,17,19). The van der Waals surface area contributed by atoms with Crippen LogP contribution in [0.15, 0.2) is 24.3 Å². The highest BCUT2D eigenvalue weighted by molar-refractivity contribution is 5.90. The van der Waals surface area contributed by atoms with Gasteiger partial charge in [0.25, 0.3) is 5.69 Å². The predicted octanol–water partition coefficient (Wildman–Crippen LogP) is 2.93. The Bertz CT molecular complexity index is 472. The molecule has 0 aliphatic carbocycles. The molecule has 0 radical (unpaired) electrons. The number of nitro benzene ring substituents is 1. The largest absolute Gasteiger partial charge is 0.330 e. The number of amides is 1. The quantitative estimate of drug-likeness (QED) is 0.568. The minimum atomic E-state index is -0.467. The summed E-state index contributed by atoms with van der Waals surface area (Å²) < 4.78 is 0. The van der Waals surface area contributed by atoms with Crippen LogP contribution in [-0.2, 0) is 4.79 Å². The Morgan fingerprint density at radius 1 is 1.29 bits per heavy atom. The van der Waals surface area contributed by atoms with E-state index < -0.39 is 4.92 Å². The summed E-state index contributed by atoms with van der Waals surface area (Å²) in [4.78, 5) is 22.0. The van der Waals surface area contributed by atoms with E-state index in [4.69, 9.17) is 5.73 Å². The molecule has 0 aliphatic heterocycles. The normalized spacial score (nSPS) is 12.2. The minimum Gasteiger partial charge on any atom is -0.330 e. The van der Waals surface area contributed by atoms with Crippen LogP contribution in [0.4, 0.5) is 11.4 Å². The summed E-state index contributed by atoms with van der Waals surface area (Å²) >= 11 is 0. The molecule has 0 fully saturated rings. The molecule has 1 unspecified atom stereocenters. The number of anilines is 1. The zero-order chi connectivity index (χ0) is 15.8. The minimum absolute atomic E-state index is 0.0100. The third-order valence-electron chi connectivity index (χ3n) is 3.58. The number of nitrogens with one attached hydrogen (secondary N) is 1. The molecular weight excluding hydrogens is 270 g/mol. The van der Waals surface area contributed by atoms with Gasteiger partial charge in [0, 0.05) is 24.2 Å². The highest BCUT2D eigenvalue weighted by Crippen LogP contribution is 2.21. The number of nitro groups is 1. The number of nitrogens with zero attached hydrogens (tertiary/aromatic N) is 1. The summed E-state index contributed by atoms with van der Waals surface area (Å²) in [5.74, 6) is 0.866. The zero-order valence-electron chi connectivity index (χ0n) is 12.5. The lowest BCUT2D eigenvalue weighted by Crippen LogP contribution is -2.18. The van der Waals surface area contributed by atoms with Crippen LogP contribution in [0, 0.1) is 22.0 Å². The second-order valence-corrected chi connectivity index (χ2v) is 5.47. The van der Waals surface area contributed by atoms with Crippen molar-refractivity contribution in [2.24, 2.45) is 17.6 Å². The SMILES string of the molecule is CC(C)C(CCN)CCC(=O)Nc1ccc([N+](=O)[O-])cc1. The lowest BCUT2D eigenvalue weighted by Gasteiger charge is -2.19. The smallest absolute Gasteiger partial charge is 0.269 e. The summed E-state index contributed by atoms with van der Waals surface area (Å²) in [5.41, 5.74) is 6.16. The van der Waals surface area contributed by atoms with Crippen molar-refractivity contribution in [3.05, 3.63) is 34.4 Å². The second-order valence-electron chi connectivity index (χ2n) is 5.47. The lowest BCUT2D eigenvalue weighted by atomic mass is 9.88. The molecule has 6 nitrogen and oxygen atoms in total. The monoisotopic (exact) mass is 293 g/mol. The molecule has 116 valence electrons. The molecule has 1 amide bonds. The number of nitrogens with two attached hydrogens (primary N) is 1. The Balaban J connectivity index is 2.47. The van der Waals surface area contributed by atoms with Gasteiger partial charge in [0.15, 0.2) is 0 Å². The Kier molecular flexibility index (Phi) is 6.81. The number of benzene rings is 1. The molecule has 1 aromatic carbocycles. The van der Waals surface area contributed by atoms with Gasteiger partial charge in [-0.2, -0.15) is 0 Å². The van der Waals surface area contributed by atoms with E-state index in [1.165, 1.54) is 24.3 Å². The Labute approximate surface area is 124 Å². The van der Waals surface area contributed by atoms with Crippen molar-refractivity contribution >= 4 is 17.3 Å². The van der Waals surface area contributed by atoms with Crippen molar-refractivity contribution in [2.45, 2.75) is 33.1 Å². The van der Waals surface area contributed by atoms with Gasteiger partial charge in [-0.3, -0.25) is 14.9 Å². The zero-order valence-corrected chi connectivity index (χ0v) is 12.5. The van der Waals surface area contributed by atoms with Gasteiger partial charge in [0.05, 0.1) is 4.92 Å². The van der Waals surface area contributed by atoms with Gasteiger partial charge in [0.2, 0.25) is 5.91 Å². The number of hydrogen-bond donors (Lipinski definition) is 2. The molecule has 3 N–H and O–H groups in total. The molecule has 0 saturated heterocycles. The number of non-ortho nitro benzene ring substituents is 1. The maximum Gasteiger partial charge on any atom is 0.269 e. The molecule has 0 aliphatic rings. The molecule has 6 heteroatoms. The lowest BCUT2D eigenvalue weighted by molar-refractivity contribution is -0.384. The van der Waals surface area contributed by atoms with E-state index in [9.17, 15) is 14.9 Å². The highest BCUT2D eigenvalue weighted by atomic mass is 16.6. The molecule has 0 bridgehead atoms. The van der Waals surface area contributed by atoms with E-state index >= 15 is 0 Å². The van der Waals surface area contributed by atoms with Crippen molar-refractivity contribution in [3.8, 4) is 0 Å². The maximum absolute atomic E-state index is 11.9. The van der Waals surface area contributed by atoms with Crippen molar-refractivity contribution in [1.29, 1.82) is 0 Å². The average Bonchev–Trinajstić information content (AvgIpc) is 2.43. The van der Waals surface area contributed by atoms with Crippen molar-refractivity contribution in [1.82, 2.24) is 0 Å². The fraction of sp³-hybridized carbons (Fsp3) is 0.533. The summed E-state index contributed by atoms with van der Waals surface area (Å²) in [7, 11) is 0. The fourth-order valence-electron chi connectivity index (χ4n) is 2.23. The molecule has 0 heterocycles. The van der Waals surface area contributed by atoms with Crippen LogP contribution in [0.25, 0.3) is 0 Å². The van der Waals surface area contributed by atoms with E-state index in [0.29, 0.717) is 30.5 Å². The van der Waals surface area contributed by atoms with Gasteiger partial charge >= 0.3 is 0 Å². The molecule has 0 aromatic heterocycles. The van der Waals surface area contributed by atoms with Crippen LogP contribution in [0.5, 0.6) is 0 Å². The topological polar surface area (TPSA) is 98.3 Å². The Morgan fingerprint density at radius 3 is 2.38 bits per heavy atom. The summed E-state index contributed by atoms with van der Waals surface area (Å²) in [6, 6.07) is 5.83. The van der Waals surface area contributed by atoms with Crippen molar-refractivity contribution in [3.63, 3.8) is 0 Å². The second kappa shape index (κ2) is 8.36. The molecule has 1 aromatic rings. The van der Waals surface area contributed by atoms with Crippen LogP contribution in [0.2, 0.25) is 0 Å². The van der Waals surface area contributed by atoms with Crippen LogP contribution >= 0.6 is 0 Å². The maximum atomic E-state index is 11.9. The first kappa shape index (κ1) is 17.1. The number of rotatable bonds is 8. The Morgan fingerprint density at radius 2 is 1.90 bits per heavy atom. The van der Waals surface area contributed by atoms with Crippen LogP contribution in [0.3, 0.4) is 0 Å². The predicted molar refractivity (Wildman–Crippen MR) is 83.0 cm³/mol. The Hall–Kier alpha value is -1.95. The van der Waals surface area contributed by atoms with Crippen LogP contribution < -0.4 is 11.1 Å². The highest BCUT2D eigenvalue weighted by Gasteiger charge is 2.14. The average molecular weight is 293 g/mol. The number of carbonyl (C=O) groups excluding carboxylic acids is 1. The first-order chi connectivity index (χ1) is 9.93. The number of hydrogen-bond acceptors (Lipinski definition) is 4. The van der Waals surface area contributed by atoms with Gasteiger partial charge in [0.1, 0.15) is 0 Å². The van der Waals surface area contributed by atoms with E-state index in [-0.39, 0.29) is 11.6 Å². The molecular formula is C15H23N3O3. The third kappa shape index (κ3) is 5.91. The molecule has 1 rings (SSSR count).